The van der Waals surface area contributed by atoms with Crippen molar-refractivity contribution in [1.29, 1.82) is 0 Å². The molecule has 0 aliphatic carbocycles. The number of anilines is 1. The summed E-state index contributed by atoms with van der Waals surface area (Å²) < 4.78 is 0. The normalized spacial score (nSPS) is 10.6. The Morgan fingerprint density at radius 2 is 1.80 bits per heavy atom. The van der Waals surface area contributed by atoms with Gasteiger partial charge in [-0.05, 0) is 31.0 Å². The molecule has 0 aliphatic rings. The number of carboxylic acids is 1. The molecule has 0 aliphatic heterocycles. The minimum absolute atomic E-state index is 0.130. The van der Waals surface area contributed by atoms with Crippen LogP contribution in [0.4, 0.5) is 5.69 Å². The van der Waals surface area contributed by atoms with Crippen molar-refractivity contribution in [3.8, 4) is 0 Å². The first-order valence-corrected chi connectivity index (χ1v) is 8.79. The Balaban J connectivity index is 2.46. The van der Waals surface area contributed by atoms with E-state index in [1.165, 1.54) is 0 Å². The van der Waals surface area contributed by atoms with E-state index in [9.17, 15) is 14.4 Å². The molecule has 7 heteroatoms. The van der Waals surface area contributed by atoms with Gasteiger partial charge >= 0.3 is 5.97 Å². The molecule has 1 rings (SSSR count). The number of nitrogens with one attached hydrogen (secondary N) is 2. The van der Waals surface area contributed by atoms with Crippen molar-refractivity contribution in [1.82, 2.24) is 5.32 Å². The predicted molar refractivity (Wildman–Crippen MR) is 98.0 cm³/mol. The Morgan fingerprint density at radius 1 is 1.12 bits per heavy atom. The molecule has 6 nitrogen and oxygen atoms in total. The van der Waals surface area contributed by atoms with Gasteiger partial charge in [0.05, 0.1) is 10.6 Å². The zero-order valence-electron chi connectivity index (χ0n) is 14.6. The van der Waals surface area contributed by atoms with Crippen molar-refractivity contribution in [2.75, 3.05) is 11.9 Å². The number of amides is 2. The molecule has 25 heavy (non-hydrogen) atoms. The molecule has 0 heterocycles. The zero-order valence-corrected chi connectivity index (χ0v) is 15.4. The Hall–Kier alpha value is -2.08. The summed E-state index contributed by atoms with van der Waals surface area (Å²) in [6.07, 6.45) is 3.27. The molecule has 1 aromatic rings. The summed E-state index contributed by atoms with van der Waals surface area (Å²) in [7, 11) is 0. The maximum atomic E-state index is 12.2. The molecule has 138 valence electrons. The maximum Gasteiger partial charge on any atom is 0.303 e. The molecule has 0 radical (unpaired) electrons. The summed E-state index contributed by atoms with van der Waals surface area (Å²) in [5.41, 5.74) is 0.844. The van der Waals surface area contributed by atoms with Gasteiger partial charge in [-0.1, -0.05) is 38.3 Å². The molecule has 0 aromatic heterocycles. The van der Waals surface area contributed by atoms with Crippen LogP contribution in [0.15, 0.2) is 18.2 Å². The lowest BCUT2D eigenvalue weighted by Crippen LogP contribution is -2.25. The maximum absolute atomic E-state index is 12.2. The number of carboxylic acid groups (broad SMARTS) is 1. The first kappa shape index (κ1) is 21.0. The minimum atomic E-state index is -0.785. The molecular weight excluding hydrogens is 344 g/mol. The third kappa shape index (κ3) is 8.03. The molecule has 0 saturated carbocycles. The van der Waals surface area contributed by atoms with Gasteiger partial charge in [-0.25, -0.2) is 0 Å². The van der Waals surface area contributed by atoms with Crippen LogP contribution in [-0.4, -0.2) is 29.4 Å². The summed E-state index contributed by atoms with van der Waals surface area (Å²) in [4.78, 5) is 34.4. The van der Waals surface area contributed by atoms with Crippen molar-refractivity contribution in [2.24, 2.45) is 5.92 Å². The number of unbranched alkanes of at least 4 members (excludes halogenated alkanes) is 3. The molecule has 0 bridgehead atoms. The fourth-order valence-electron chi connectivity index (χ4n) is 2.12. The molecule has 0 atom stereocenters. The van der Waals surface area contributed by atoms with Gasteiger partial charge in [0.1, 0.15) is 0 Å². The van der Waals surface area contributed by atoms with Crippen LogP contribution in [0.1, 0.15) is 56.3 Å². The predicted octanol–water partition coefficient (Wildman–Crippen LogP) is 3.70. The average molecular weight is 369 g/mol. The monoisotopic (exact) mass is 368 g/mol. The third-order valence-corrected chi connectivity index (χ3v) is 3.94. The summed E-state index contributed by atoms with van der Waals surface area (Å²) >= 11 is 6.07. The number of hydrogen-bond donors (Lipinski definition) is 3. The molecule has 1 aromatic carbocycles. The van der Waals surface area contributed by atoms with E-state index in [4.69, 9.17) is 16.7 Å². The molecular formula is C18H25ClN2O4. The zero-order chi connectivity index (χ0) is 18.8. The van der Waals surface area contributed by atoms with Crippen molar-refractivity contribution in [2.45, 2.75) is 46.0 Å². The highest BCUT2D eigenvalue weighted by atomic mass is 35.5. The van der Waals surface area contributed by atoms with Crippen molar-refractivity contribution < 1.29 is 19.5 Å². The highest BCUT2D eigenvalue weighted by Gasteiger charge is 2.13. The minimum Gasteiger partial charge on any atom is -0.481 e. The topological polar surface area (TPSA) is 95.5 Å². The second-order valence-electron chi connectivity index (χ2n) is 6.15. The van der Waals surface area contributed by atoms with Crippen LogP contribution in [0, 0.1) is 5.92 Å². The highest BCUT2D eigenvalue weighted by molar-refractivity contribution is 6.34. The Kier molecular flexibility index (Phi) is 8.99. The van der Waals surface area contributed by atoms with Crippen molar-refractivity contribution in [3.63, 3.8) is 0 Å². The summed E-state index contributed by atoms with van der Waals surface area (Å²) in [6, 6.07) is 4.80. The van der Waals surface area contributed by atoms with Crippen LogP contribution in [0.25, 0.3) is 0 Å². The van der Waals surface area contributed by atoms with E-state index in [0.29, 0.717) is 29.2 Å². The summed E-state index contributed by atoms with van der Waals surface area (Å²) in [5, 5.41) is 14.4. The first-order chi connectivity index (χ1) is 11.8. The van der Waals surface area contributed by atoms with E-state index >= 15 is 0 Å². The molecule has 0 unspecified atom stereocenters. The van der Waals surface area contributed by atoms with E-state index in [2.05, 4.69) is 10.6 Å². The summed E-state index contributed by atoms with van der Waals surface area (Å²) in [5.74, 6) is -1.37. The van der Waals surface area contributed by atoms with E-state index in [-0.39, 0.29) is 24.2 Å². The van der Waals surface area contributed by atoms with E-state index in [1.54, 1.807) is 32.0 Å². The molecule has 3 N–H and O–H groups in total. The molecule has 2 amide bonds. The second kappa shape index (κ2) is 10.7. The number of hydrogen-bond acceptors (Lipinski definition) is 3. The molecule has 0 spiro atoms. The van der Waals surface area contributed by atoms with Crippen LogP contribution in [0.2, 0.25) is 5.02 Å². The van der Waals surface area contributed by atoms with Crippen molar-refractivity contribution in [3.05, 3.63) is 28.8 Å². The Labute approximate surface area is 152 Å². The van der Waals surface area contributed by atoms with Gasteiger partial charge in [0, 0.05) is 24.6 Å². The molecule has 0 saturated heterocycles. The van der Waals surface area contributed by atoms with Gasteiger partial charge in [-0.2, -0.15) is 0 Å². The SMILES string of the molecule is CC(C)C(=O)Nc1ccc(Cl)c(C(=O)NCCCCCCC(=O)O)c1. The first-order valence-electron chi connectivity index (χ1n) is 8.41. The van der Waals surface area contributed by atoms with Crippen LogP contribution in [0.5, 0.6) is 0 Å². The van der Waals surface area contributed by atoms with Gasteiger partial charge in [-0.15, -0.1) is 0 Å². The van der Waals surface area contributed by atoms with Gasteiger partial charge in [0.25, 0.3) is 5.91 Å². The standard InChI is InChI=1S/C18H25ClN2O4/c1-12(2)17(24)21-13-8-9-15(19)14(11-13)18(25)20-10-6-4-3-5-7-16(22)23/h8-9,11-12H,3-7,10H2,1-2H3,(H,20,25)(H,21,24)(H,22,23). The number of carbonyl (C=O) groups excluding carboxylic acids is 2. The van der Waals surface area contributed by atoms with Crippen LogP contribution >= 0.6 is 11.6 Å². The van der Waals surface area contributed by atoms with E-state index in [1.807, 2.05) is 0 Å². The Bertz CT molecular complexity index is 617. The van der Waals surface area contributed by atoms with Gasteiger partial charge in [0.15, 0.2) is 0 Å². The lowest BCUT2D eigenvalue weighted by molar-refractivity contribution is -0.137. The lowest BCUT2D eigenvalue weighted by atomic mass is 10.1. The average Bonchev–Trinajstić information content (AvgIpc) is 2.55. The number of benzene rings is 1. The fraction of sp³-hybridized carbons (Fsp3) is 0.500. The van der Waals surface area contributed by atoms with Crippen molar-refractivity contribution >= 4 is 35.1 Å². The number of halogens is 1. The van der Waals surface area contributed by atoms with E-state index in [0.717, 1.165) is 19.3 Å². The van der Waals surface area contributed by atoms with Crippen LogP contribution < -0.4 is 10.6 Å². The van der Waals surface area contributed by atoms with E-state index < -0.39 is 5.97 Å². The van der Waals surface area contributed by atoms with Crippen LogP contribution in [-0.2, 0) is 9.59 Å². The summed E-state index contributed by atoms with van der Waals surface area (Å²) in [6.45, 7) is 4.06. The largest absolute Gasteiger partial charge is 0.481 e. The number of aliphatic carboxylic acids is 1. The van der Waals surface area contributed by atoms with Crippen LogP contribution in [0.3, 0.4) is 0 Å². The number of rotatable bonds is 10. The fourth-order valence-corrected chi connectivity index (χ4v) is 2.32. The second-order valence-corrected chi connectivity index (χ2v) is 6.56. The smallest absolute Gasteiger partial charge is 0.303 e. The number of carbonyl (C=O) groups is 3. The quantitative estimate of drug-likeness (QED) is 0.549. The molecule has 0 fully saturated rings. The highest BCUT2D eigenvalue weighted by Crippen LogP contribution is 2.21. The van der Waals surface area contributed by atoms with Gasteiger partial charge in [0.2, 0.25) is 5.91 Å². The lowest BCUT2D eigenvalue weighted by Gasteiger charge is -2.11. The van der Waals surface area contributed by atoms with Gasteiger partial charge in [-0.3, -0.25) is 14.4 Å². The third-order valence-electron chi connectivity index (χ3n) is 3.61. The van der Waals surface area contributed by atoms with Gasteiger partial charge < -0.3 is 15.7 Å². The Morgan fingerprint density at radius 3 is 2.44 bits per heavy atom.